The quantitative estimate of drug-likeness (QED) is 0.190. The smallest absolute Gasteiger partial charge is 0.0575 e. The lowest BCUT2D eigenvalue weighted by Gasteiger charge is -2.27. The van der Waals surface area contributed by atoms with Gasteiger partial charge < -0.3 is 31.9 Å². The number of hydrogen-bond donors (Lipinski definition) is 6. The van der Waals surface area contributed by atoms with E-state index in [-0.39, 0.29) is 12.2 Å². The summed E-state index contributed by atoms with van der Waals surface area (Å²) in [5.41, 5.74) is 11.3. The molecule has 0 saturated heterocycles. The molecule has 35 heavy (non-hydrogen) atoms. The van der Waals surface area contributed by atoms with E-state index < -0.39 is 0 Å². The minimum atomic E-state index is -0.155. The Labute approximate surface area is 233 Å². The Balaban J connectivity index is 1.47. The number of halogens is 3. The van der Waals surface area contributed by atoms with E-state index in [1.54, 1.807) is 0 Å². The van der Waals surface area contributed by atoms with Crippen molar-refractivity contribution in [3.63, 3.8) is 0 Å². The molecule has 0 aromatic heterocycles. The van der Waals surface area contributed by atoms with Crippen LogP contribution >= 0.6 is 47.8 Å². The Morgan fingerprint density at radius 3 is 1.83 bits per heavy atom. The number of nitrogens with one attached hydrogen (secondary N) is 3. The average Bonchev–Trinajstić information content (AvgIpc) is 2.83. The van der Waals surface area contributed by atoms with Gasteiger partial charge in [-0.1, -0.05) is 15.9 Å². The first-order valence-corrected chi connectivity index (χ1v) is 14.8. The fourth-order valence-corrected chi connectivity index (χ4v) is 6.93. The molecular formula is C26H35Br3N4O2. The van der Waals surface area contributed by atoms with E-state index in [4.69, 9.17) is 5.73 Å². The van der Waals surface area contributed by atoms with E-state index in [0.29, 0.717) is 18.6 Å². The van der Waals surface area contributed by atoms with Gasteiger partial charge in [0.25, 0.3) is 0 Å². The third-order valence-corrected chi connectivity index (χ3v) is 8.92. The first-order valence-electron chi connectivity index (χ1n) is 12.4. The maximum absolute atomic E-state index is 9.80. The van der Waals surface area contributed by atoms with Crippen LogP contribution in [0.2, 0.25) is 0 Å². The Hall–Kier alpha value is -0.680. The maximum Gasteiger partial charge on any atom is 0.0575 e. The predicted molar refractivity (Wildman–Crippen MR) is 154 cm³/mol. The fourth-order valence-electron chi connectivity index (χ4n) is 5.01. The zero-order chi connectivity index (χ0) is 24.9. The van der Waals surface area contributed by atoms with Crippen molar-refractivity contribution in [3.8, 4) is 0 Å². The molecule has 9 heteroatoms. The summed E-state index contributed by atoms with van der Waals surface area (Å²) in [5.74, 6) is 0. The van der Waals surface area contributed by atoms with Crippen LogP contribution in [0.1, 0.15) is 62.5 Å². The molecule has 0 bridgehead atoms. The molecule has 2 aliphatic rings. The van der Waals surface area contributed by atoms with Gasteiger partial charge in [0.2, 0.25) is 0 Å². The molecule has 2 saturated carbocycles. The maximum atomic E-state index is 9.80. The second-order valence-corrected chi connectivity index (χ2v) is 12.5. The Morgan fingerprint density at radius 1 is 0.714 bits per heavy atom. The topological polar surface area (TPSA) is 103 Å². The Morgan fingerprint density at radius 2 is 1.26 bits per heavy atom. The zero-order valence-corrected chi connectivity index (χ0v) is 24.6. The second-order valence-electron chi connectivity index (χ2n) is 9.85. The van der Waals surface area contributed by atoms with E-state index in [1.807, 2.05) is 6.07 Å². The highest BCUT2D eigenvalue weighted by Crippen LogP contribution is 2.36. The highest BCUT2D eigenvalue weighted by Gasteiger charge is 2.21. The van der Waals surface area contributed by atoms with Crippen LogP contribution in [0.25, 0.3) is 0 Å². The molecular weight excluding hydrogens is 640 g/mol. The number of aliphatic hydroxyl groups excluding tert-OH is 2. The number of nitrogens with two attached hydrogens (primary N) is 1. The van der Waals surface area contributed by atoms with Gasteiger partial charge in [-0.05, 0) is 119 Å². The van der Waals surface area contributed by atoms with Crippen LogP contribution in [0.3, 0.4) is 0 Å². The largest absolute Gasteiger partial charge is 0.398 e. The predicted octanol–water partition coefficient (Wildman–Crippen LogP) is 6.09. The molecule has 4 rings (SSSR count). The normalized spacial score (nSPS) is 24.9. The molecule has 2 aromatic rings. The minimum absolute atomic E-state index is 0.150. The lowest BCUT2D eigenvalue weighted by atomic mass is 9.93. The first-order chi connectivity index (χ1) is 16.8. The van der Waals surface area contributed by atoms with E-state index in [1.165, 1.54) is 0 Å². The van der Waals surface area contributed by atoms with Crippen LogP contribution in [-0.4, -0.2) is 34.5 Å². The summed E-state index contributed by atoms with van der Waals surface area (Å²) in [6.07, 6.45) is 7.11. The van der Waals surface area contributed by atoms with Gasteiger partial charge in [0.05, 0.1) is 23.6 Å². The summed E-state index contributed by atoms with van der Waals surface area (Å²) in [6.45, 7) is 1.42. The molecule has 0 spiro atoms. The number of rotatable bonds is 8. The monoisotopic (exact) mass is 672 g/mol. The van der Waals surface area contributed by atoms with Gasteiger partial charge in [-0.15, -0.1) is 0 Å². The van der Waals surface area contributed by atoms with E-state index in [0.717, 1.165) is 99.5 Å². The second kappa shape index (κ2) is 12.7. The average molecular weight is 675 g/mol. The summed E-state index contributed by atoms with van der Waals surface area (Å²) >= 11 is 11.0. The minimum Gasteiger partial charge on any atom is -0.398 e. The van der Waals surface area contributed by atoms with Gasteiger partial charge >= 0.3 is 0 Å². The number of anilines is 3. The first kappa shape index (κ1) is 27.4. The van der Waals surface area contributed by atoms with Crippen molar-refractivity contribution in [2.75, 3.05) is 11.1 Å². The standard InChI is InChI=1S/C26H35Br3N4O2/c27-17-9-16(14-32-19-3-7-22(35)8-4-19)26(24(29)11-17)33-20-10-15(25(30)23(28)12-20)13-31-18-1-5-21(34)6-2-18/h9-12,18-19,21-22,31-35H,1-8,13-14,30H2. The summed E-state index contributed by atoms with van der Waals surface area (Å²) in [7, 11) is 0. The molecule has 2 aliphatic carbocycles. The van der Waals surface area contributed by atoms with Gasteiger partial charge in [0.1, 0.15) is 0 Å². The zero-order valence-electron chi connectivity index (χ0n) is 19.8. The molecule has 0 amide bonds. The molecule has 2 aromatic carbocycles. The van der Waals surface area contributed by atoms with Crippen LogP contribution in [0.4, 0.5) is 17.1 Å². The van der Waals surface area contributed by atoms with Gasteiger partial charge in [-0.25, -0.2) is 0 Å². The van der Waals surface area contributed by atoms with Crippen molar-refractivity contribution in [2.24, 2.45) is 0 Å². The number of hydrogen-bond acceptors (Lipinski definition) is 6. The van der Waals surface area contributed by atoms with Crippen LogP contribution in [0.15, 0.2) is 37.7 Å². The summed E-state index contributed by atoms with van der Waals surface area (Å²) < 4.78 is 2.87. The molecule has 0 atom stereocenters. The van der Waals surface area contributed by atoms with Gasteiger partial charge in [0.15, 0.2) is 0 Å². The number of nitrogen functional groups attached to an aromatic ring is 1. The van der Waals surface area contributed by atoms with Crippen molar-refractivity contribution in [1.29, 1.82) is 0 Å². The fraction of sp³-hybridized carbons (Fsp3) is 0.538. The molecule has 0 heterocycles. The third-order valence-electron chi connectivity index (χ3n) is 7.18. The van der Waals surface area contributed by atoms with E-state index in [9.17, 15) is 10.2 Å². The van der Waals surface area contributed by atoms with E-state index in [2.05, 4.69) is 81.9 Å². The molecule has 7 N–H and O–H groups in total. The van der Waals surface area contributed by atoms with Gasteiger partial charge in [-0.2, -0.15) is 0 Å². The van der Waals surface area contributed by atoms with Crippen LogP contribution in [-0.2, 0) is 13.1 Å². The Kier molecular flexibility index (Phi) is 9.94. The lowest BCUT2D eigenvalue weighted by Crippen LogP contribution is -2.34. The van der Waals surface area contributed by atoms with Gasteiger partial charge in [0, 0.05) is 44.3 Å². The molecule has 0 radical (unpaired) electrons. The highest BCUT2D eigenvalue weighted by molar-refractivity contribution is 9.11. The third kappa shape index (κ3) is 7.66. The van der Waals surface area contributed by atoms with Crippen molar-refractivity contribution in [3.05, 3.63) is 48.8 Å². The summed E-state index contributed by atoms with van der Waals surface area (Å²) in [4.78, 5) is 0. The van der Waals surface area contributed by atoms with E-state index >= 15 is 0 Å². The van der Waals surface area contributed by atoms with Crippen molar-refractivity contribution < 1.29 is 10.2 Å². The number of aliphatic hydroxyl groups is 2. The van der Waals surface area contributed by atoms with Crippen molar-refractivity contribution in [2.45, 2.75) is 88.7 Å². The van der Waals surface area contributed by atoms with Crippen LogP contribution in [0, 0.1) is 0 Å². The lowest BCUT2D eigenvalue weighted by molar-refractivity contribution is 0.116. The molecule has 6 nitrogen and oxygen atoms in total. The Bertz CT molecular complexity index is 1010. The molecule has 2 fully saturated rings. The van der Waals surface area contributed by atoms with Crippen molar-refractivity contribution >= 4 is 64.9 Å². The molecule has 192 valence electrons. The van der Waals surface area contributed by atoms with Crippen LogP contribution in [0.5, 0.6) is 0 Å². The molecule has 0 unspecified atom stereocenters. The summed E-state index contributed by atoms with van der Waals surface area (Å²) in [6, 6.07) is 9.16. The highest BCUT2D eigenvalue weighted by atomic mass is 79.9. The molecule has 0 aliphatic heterocycles. The van der Waals surface area contributed by atoms with Gasteiger partial charge in [-0.3, -0.25) is 0 Å². The van der Waals surface area contributed by atoms with Crippen molar-refractivity contribution in [1.82, 2.24) is 10.6 Å². The summed E-state index contributed by atoms with van der Waals surface area (Å²) in [5, 5.41) is 30.5. The number of benzene rings is 2. The van der Waals surface area contributed by atoms with Crippen LogP contribution < -0.4 is 21.7 Å². The SMILES string of the molecule is Nc1c(Br)cc(Nc2c(Br)cc(Br)cc2CNC2CCC(O)CC2)cc1CNC1CCC(O)CC1.